The summed E-state index contributed by atoms with van der Waals surface area (Å²) in [6.07, 6.45) is 5.62. The largest absolute Gasteiger partial charge is 0.465 e. The second kappa shape index (κ2) is 6.63. The van der Waals surface area contributed by atoms with Gasteiger partial charge in [-0.2, -0.15) is 0 Å². The number of carbonyl (C=O) groups is 1. The summed E-state index contributed by atoms with van der Waals surface area (Å²) >= 11 is 0. The van der Waals surface area contributed by atoms with E-state index in [1.54, 1.807) is 18.3 Å². The molecule has 2 aromatic rings. The number of aromatic nitrogens is 1. The van der Waals surface area contributed by atoms with E-state index in [-0.39, 0.29) is 5.97 Å². The van der Waals surface area contributed by atoms with E-state index < -0.39 is 0 Å². The summed E-state index contributed by atoms with van der Waals surface area (Å²) in [5, 5.41) is 0. The highest BCUT2D eigenvalue weighted by atomic mass is 16.5. The van der Waals surface area contributed by atoms with Crippen molar-refractivity contribution in [1.82, 2.24) is 4.98 Å². The van der Waals surface area contributed by atoms with Gasteiger partial charge in [0.2, 0.25) is 0 Å². The van der Waals surface area contributed by atoms with Gasteiger partial charge >= 0.3 is 5.97 Å². The molecule has 4 nitrogen and oxygen atoms in total. The number of nitrogens with two attached hydrogens (primary N) is 1. The van der Waals surface area contributed by atoms with Crippen molar-refractivity contribution in [1.29, 1.82) is 0 Å². The van der Waals surface area contributed by atoms with Crippen LogP contribution in [0, 0.1) is 0 Å². The standard InChI is InChI=1S/C16H16N2O2/c1-20-16(19)14-4-2-3-12(9-14)5-6-13-7-8-18-15(10-13)11-17/h2-10H,11,17H2,1H3/b6-5+. The first-order valence-electron chi connectivity index (χ1n) is 6.24. The lowest BCUT2D eigenvalue weighted by atomic mass is 10.1. The van der Waals surface area contributed by atoms with Gasteiger partial charge in [0.25, 0.3) is 0 Å². The van der Waals surface area contributed by atoms with E-state index >= 15 is 0 Å². The molecule has 4 heteroatoms. The number of pyridine rings is 1. The van der Waals surface area contributed by atoms with Crippen LogP contribution >= 0.6 is 0 Å². The maximum Gasteiger partial charge on any atom is 0.337 e. The number of nitrogens with zero attached hydrogens (tertiary/aromatic N) is 1. The minimum absolute atomic E-state index is 0.338. The van der Waals surface area contributed by atoms with Gasteiger partial charge in [-0.05, 0) is 35.4 Å². The van der Waals surface area contributed by atoms with Crippen molar-refractivity contribution in [2.75, 3.05) is 7.11 Å². The monoisotopic (exact) mass is 268 g/mol. The number of esters is 1. The van der Waals surface area contributed by atoms with Crippen LogP contribution in [0.4, 0.5) is 0 Å². The molecule has 20 heavy (non-hydrogen) atoms. The molecule has 0 aliphatic carbocycles. The van der Waals surface area contributed by atoms with E-state index in [0.29, 0.717) is 12.1 Å². The third kappa shape index (κ3) is 3.52. The third-order valence-corrected chi connectivity index (χ3v) is 2.83. The normalized spacial score (nSPS) is 10.7. The van der Waals surface area contributed by atoms with Gasteiger partial charge in [-0.3, -0.25) is 4.98 Å². The van der Waals surface area contributed by atoms with Crippen LogP contribution in [0.25, 0.3) is 12.2 Å². The van der Waals surface area contributed by atoms with Crippen molar-refractivity contribution in [2.24, 2.45) is 5.73 Å². The molecule has 0 atom stereocenters. The molecule has 102 valence electrons. The van der Waals surface area contributed by atoms with Gasteiger partial charge in [0.1, 0.15) is 0 Å². The van der Waals surface area contributed by atoms with Gasteiger partial charge in [-0.25, -0.2) is 4.79 Å². The molecule has 0 radical (unpaired) electrons. The quantitative estimate of drug-likeness (QED) is 0.865. The maximum atomic E-state index is 11.5. The molecule has 0 spiro atoms. The number of rotatable bonds is 4. The maximum absolute atomic E-state index is 11.5. The van der Waals surface area contributed by atoms with E-state index in [1.165, 1.54) is 7.11 Å². The minimum atomic E-state index is -0.338. The van der Waals surface area contributed by atoms with E-state index in [2.05, 4.69) is 4.98 Å². The predicted octanol–water partition coefficient (Wildman–Crippen LogP) is 2.50. The molecule has 0 aliphatic rings. The Morgan fingerprint density at radius 2 is 2.00 bits per heavy atom. The Bertz CT molecular complexity index is 636. The highest BCUT2D eigenvalue weighted by Gasteiger charge is 2.04. The molecule has 2 rings (SSSR count). The second-order valence-electron chi connectivity index (χ2n) is 4.24. The highest BCUT2D eigenvalue weighted by Crippen LogP contribution is 2.11. The molecule has 1 aromatic heterocycles. The number of carbonyl (C=O) groups excluding carboxylic acids is 1. The molecule has 2 N–H and O–H groups in total. The van der Waals surface area contributed by atoms with Gasteiger partial charge in [-0.1, -0.05) is 24.3 Å². The SMILES string of the molecule is COC(=O)c1cccc(/C=C/c2ccnc(CN)c2)c1. The summed E-state index contributed by atoms with van der Waals surface area (Å²) in [6, 6.07) is 11.1. The number of hydrogen-bond acceptors (Lipinski definition) is 4. The first-order chi connectivity index (χ1) is 9.72. The van der Waals surface area contributed by atoms with E-state index in [9.17, 15) is 4.79 Å². The Balaban J connectivity index is 2.20. The fourth-order valence-corrected chi connectivity index (χ4v) is 1.79. The molecule has 0 unspecified atom stereocenters. The van der Waals surface area contributed by atoms with Crippen LogP contribution < -0.4 is 5.73 Å². The Morgan fingerprint density at radius 1 is 1.25 bits per heavy atom. The van der Waals surface area contributed by atoms with Crippen LogP contribution in [-0.2, 0) is 11.3 Å². The lowest BCUT2D eigenvalue weighted by Crippen LogP contribution is -2.00. The molecule has 0 saturated carbocycles. The topological polar surface area (TPSA) is 65.2 Å². The minimum Gasteiger partial charge on any atom is -0.465 e. The molecular formula is C16H16N2O2. The lowest BCUT2D eigenvalue weighted by Gasteiger charge is -2.01. The van der Waals surface area contributed by atoms with Crippen molar-refractivity contribution in [3.63, 3.8) is 0 Å². The van der Waals surface area contributed by atoms with Crippen molar-refractivity contribution < 1.29 is 9.53 Å². The zero-order chi connectivity index (χ0) is 14.4. The van der Waals surface area contributed by atoms with Crippen molar-refractivity contribution >= 4 is 18.1 Å². The molecule has 0 fully saturated rings. The van der Waals surface area contributed by atoms with Crippen LogP contribution in [0.3, 0.4) is 0 Å². The molecule has 1 heterocycles. The summed E-state index contributed by atoms with van der Waals surface area (Å²) in [6.45, 7) is 0.416. The third-order valence-electron chi connectivity index (χ3n) is 2.83. The van der Waals surface area contributed by atoms with E-state index in [0.717, 1.165) is 16.8 Å². The molecule has 0 aliphatic heterocycles. The number of benzene rings is 1. The van der Waals surface area contributed by atoms with Crippen molar-refractivity contribution in [2.45, 2.75) is 6.54 Å². The zero-order valence-electron chi connectivity index (χ0n) is 11.2. The lowest BCUT2D eigenvalue weighted by molar-refractivity contribution is 0.0600. The van der Waals surface area contributed by atoms with Crippen molar-refractivity contribution in [3.8, 4) is 0 Å². The molecule has 0 amide bonds. The number of methoxy groups -OCH3 is 1. The van der Waals surface area contributed by atoms with Crippen LogP contribution in [0.5, 0.6) is 0 Å². The number of ether oxygens (including phenoxy) is 1. The fourth-order valence-electron chi connectivity index (χ4n) is 1.79. The Kier molecular flexibility index (Phi) is 4.63. The van der Waals surface area contributed by atoms with Gasteiger partial charge in [0, 0.05) is 12.7 Å². The average Bonchev–Trinajstić information content (AvgIpc) is 2.52. The van der Waals surface area contributed by atoms with Gasteiger partial charge in [0.05, 0.1) is 18.4 Å². The van der Waals surface area contributed by atoms with Crippen LogP contribution in [0.1, 0.15) is 27.2 Å². The van der Waals surface area contributed by atoms with E-state index in [1.807, 2.05) is 36.4 Å². The van der Waals surface area contributed by atoms with Crippen LogP contribution in [0.2, 0.25) is 0 Å². The summed E-state index contributed by atoms with van der Waals surface area (Å²) in [5.74, 6) is -0.338. The van der Waals surface area contributed by atoms with Gasteiger partial charge in [-0.15, -0.1) is 0 Å². The Hall–Kier alpha value is -2.46. The summed E-state index contributed by atoms with van der Waals surface area (Å²) in [7, 11) is 1.37. The first kappa shape index (κ1) is 14.0. The summed E-state index contributed by atoms with van der Waals surface area (Å²) < 4.78 is 4.70. The summed E-state index contributed by atoms with van der Waals surface area (Å²) in [5.41, 5.74) is 8.88. The number of hydrogen-bond donors (Lipinski definition) is 1. The predicted molar refractivity (Wildman–Crippen MR) is 78.8 cm³/mol. The van der Waals surface area contributed by atoms with Gasteiger partial charge in [0.15, 0.2) is 0 Å². The van der Waals surface area contributed by atoms with Crippen LogP contribution in [-0.4, -0.2) is 18.1 Å². The van der Waals surface area contributed by atoms with Crippen molar-refractivity contribution in [3.05, 3.63) is 65.0 Å². The van der Waals surface area contributed by atoms with Gasteiger partial charge < -0.3 is 10.5 Å². The Morgan fingerprint density at radius 3 is 2.70 bits per heavy atom. The second-order valence-corrected chi connectivity index (χ2v) is 4.24. The van der Waals surface area contributed by atoms with E-state index in [4.69, 9.17) is 10.5 Å². The Labute approximate surface area is 117 Å². The highest BCUT2D eigenvalue weighted by molar-refractivity contribution is 5.90. The molecule has 0 saturated heterocycles. The summed E-state index contributed by atoms with van der Waals surface area (Å²) in [4.78, 5) is 15.6. The first-order valence-corrected chi connectivity index (χ1v) is 6.24. The fraction of sp³-hybridized carbons (Fsp3) is 0.125. The zero-order valence-corrected chi connectivity index (χ0v) is 11.2. The molecular weight excluding hydrogens is 252 g/mol. The van der Waals surface area contributed by atoms with Crippen LogP contribution in [0.15, 0.2) is 42.6 Å². The molecule has 0 bridgehead atoms. The molecule has 1 aromatic carbocycles. The smallest absolute Gasteiger partial charge is 0.337 e. The average molecular weight is 268 g/mol.